The van der Waals surface area contributed by atoms with Gasteiger partial charge in [-0.2, -0.15) is 5.10 Å². The number of fused-ring (bicyclic) bond motifs is 1. The van der Waals surface area contributed by atoms with Crippen LogP contribution in [0, 0.1) is 25.7 Å². The molecule has 7 heteroatoms. The fourth-order valence-corrected chi connectivity index (χ4v) is 3.88. The Morgan fingerprint density at radius 2 is 1.88 bits per heavy atom. The van der Waals surface area contributed by atoms with Crippen LogP contribution >= 0.6 is 0 Å². The number of hydrogen-bond donors (Lipinski definition) is 0. The monoisotopic (exact) mass is 326 g/mol. The molecule has 2 aliphatic rings. The summed E-state index contributed by atoms with van der Waals surface area (Å²) in [5.74, 6) is 2.09. The minimum absolute atomic E-state index is 0.0536. The number of likely N-dealkylation sites (tertiary alicyclic amines) is 1. The minimum atomic E-state index is 0.0536. The van der Waals surface area contributed by atoms with Gasteiger partial charge in [0.05, 0.1) is 0 Å². The van der Waals surface area contributed by atoms with Crippen molar-refractivity contribution in [1.82, 2.24) is 24.6 Å². The number of hydrogen-bond acceptors (Lipinski definition) is 5. The summed E-state index contributed by atoms with van der Waals surface area (Å²) < 4.78 is 1.75. The Labute approximate surface area is 141 Å². The number of nitrogens with zero attached hydrogens (tertiary/aromatic N) is 6. The SMILES string of the molecule is Cc1cncnc1N1CC2CN(C(=O)c3cc(C)n(C)n3)CC2C1. The topological polar surface area (TPSA) is 67.2 Å². The Kier molecular flexibility index (Phi) is 3.51. The molecule has 2 aromatic rings. The van der Waals surface area contributed by atoms with Crippen LogP contribution in [-0.2, 0) is 7.05 Å². The molecule has 24 heavy (non-hydrogen) atoms. The molecule has 4 heterocycles. The lowest BCUT2D eigenvalue weighted by atomic mass is 10.0. The molecule has 0 N–H and O–H groups in total. The van der Waals surface area contributed by atoms with Crippen LogP contribution in [0.2, 0.25) is 0 Å². The third-order valence-electron chi connectivity index (χ3n) is 5.27. The first-order valence-electron chi connectivity index (χ1n) is 8.34. The van der Waals surface area contributed by atoms with Gasteiger partial charge in [-0.3, -0.25) is 9.48 Å². The average Bonchev–Trinajstić information content (AvgIpc) is 3.21. The zero-order chi connectivity index (χ0) is 16.8. The molecule has 0 radical (unpaired) electrons. The van der Waals surface area contributed by atoms with Crippen LogP contribution in [-0.4, -0.2) is 56.7 Å². The van der Waals surface area contributed by atoms with Crippen LogP contribution in [0.15, 0.2) is 18.6 Å². The molecule has 2 aromatic heterocycles. The normalized spacial score (nSPS) is 23.0. The minimum Gasteiger partial charge on any atom is -0.356 e. The standard InChI is InChI=1S/C17H22N6O/c1-11-5-18-10-19-16(11)22-6-13-8-23(9-14(13)7-22)17(24)15-4-12(2)21(3)20-15/h4-5,10,13-14H,6-9H2,1-3H3. The van der Waals surface area contributed by atoms with Gasteiger partial charge in [0.25, 0.3) is 5.91 Å². The molecule has 2 saturated heterocycles. The molecule has 2 atom stereocenters. The number of carbonyl (C=O) groups excluding carboxylic acids is 1. The molecule has 0 bridgehead atoms. The number of aromatic nitrogens is 4. The predicted molar refractivity (Wildman–Crippen MR) is 89.8 cm³/mol. The van der Waals surface area contributed by atoms with E-state index < -0.39 is 0 Å². The highest BCUT2D eigenvalue weighted by atomic mass is 16.2. The van der Waals surface area contributed by atoms with E-state index in [-0.39, 0.29) is 5.91 Å². The number of aryl methyl sites for hydroxylation is 3. The summed E-state index contributed by atoms with van der Waals surface area (Å²) in [6.07, 6.45) is 3.46. The van der Waals surface area contributed by atoms with Gasteiger partial charge in [0.1, 0.15) is 12.1 Å². The van der Waals surface area contributed by atoms with Crippen molar-refractivity contribution >= 4 is 11.7 Å². The molecule has 0 aromatic carbocycles. The van der Waals surface area contributed by atoms with Gasteiger partial charge < -0.3 is 9.80 Å². The van der Waals surface area contributed by atoms with Gasteiger partial charge in [-0.15, -0.1) is 0 Å². The van der Waals surface area contributed by atoms with E-state index in [1.807, 2.05) is 38.1 Å². The van der Waals surface area contributed by atoms with E-state index in [2.05, 4.69) is 20.0 Å². The maximum absolute atomic E-state index is 12.7. The van der Waals surface area contributed by atoms with Gasteiger partial charge in [0.15, 0.2) is 5.69 Å². The first-order valence-corrected chi connectivity index (χ1v) is 8.34. The fourth-order valence-electron chi connectivity index (χ4n) is 3.88. The second kappa shape index (κ2) is 5.58. The number of amides is 1. The van der Waals surface area contributed by atoms with Crippen molar-refractivity contribution in [2.24, 2.45) is 18.9 Å². The van der Waals surface area contributed by atoms with Crippen molar-refractivity contribution in [3.8, 4) is 0 Å². The van der Waals surface area contributed by atoms with Crippen molar-refractivity contribution < 1.29 is 4.79 Å². The van der Waals surface area contributed by atoms with Gasteiger partial charge in [-0.25, -0.2) is 9.97 Å². The summed E-state index contributed by atoms with van der Waals surface area (Å²) in [4.78, 5) is 25.4. The van der Waals surface area contributed by atoms with E-state index in [9.17, 15) is 4.79 Å². The van der Waals surface area contributed by atoms with Crippen molar-refractivity contribution in [3.05, 3.63) is 35.5 Å². The van der Waals surface area contributed by atoms with Crippen LogP contribution < -0.4 is 4.90 Å². The Morgan fingerprint density at radius 3 is 2.46 bits per heavy atom. The Hall–Kier alpha value is -2.44. The molecule has 0 saturated carbocycles. The summed E-state index contributed by atoms with van der Waals surface area (Å²) in [7, 11) is 1.87. The smallest absolute Gasteiger partial charge is 0.274 e. The second-order valence-electron chi connectivity index (χ2n) is 6.96. The van der Waals surface area contributed by atoms with E-state index >= 15 is 0 Å². The van der Waals surface area contributed by atoms with E-state index in [0.717, 1.165) is 43.3 Å². The summed E-state index contributed by atoms with van der Waals surface area (Å²) >= 11 is 0. The average molecular weight is 326 g/mol. The third kappa shape index (κ3) is 2.44. The highest BCUT2D eigenvalue weighted by Crippen LogP contribution is 2.34. The molecule has 4 rings (SSSR count). The zero-order valence-corrected chi connectivity index (χ0v) is 14.3. The summed E-state index contributed by atoms with van der Waals surface area (Å²) in [6.45, 7) is 7.52. The summed E-state index contributed by atoms with van der Waals surface area (Å²) in [6, 6.07) is 1.87. The largest absolute Gasteiger partial charge is 0.356 e. The Morgan fingerprint density at radius 1 is 1.17 bits per heavy atom. The first kappa shape index (κ1) is 15.1. The second-order valence-corrected chi connectivity index (χ2v) is 6.96. The molecule has 2 fully saturated rings. The Balaban J connectivity index is 1.44. The zero-order valence-electron chi connectivity index (χ0n) is 14.3. The van der Waals surface area contributed by atoms with Crippen LogP contribution in [0.1, 0.15) is 21.7 Å². The van der Waals surface area contributed by atoms with Crippen molar-refractivity contribution in [2.45, 2.75) is 13.8 Å². The van der Waals surface area contributed by atoms with Crippen molar-refractivity contribution in [3.63, 3.8) is 0 Å². The quantitative estimate of drug-likeness (QED) is 0.825. The van der Waals surface area contributed by atoms with Crippen LogP contribution in [0.25, 0.3) is 0 Å². The third-order valence-corrected chi connectivity index (χ3v) is 5.27. The Bertz CT molecular complexity index is 752. The molecule has 0 aliphatic carbocycles. The maximum atomic E-state index is 12.7. The van der Waals surface area contributed by atoms with Crippen LogP contribution in [0.5, 0.6) is 0 Å². The van der Waals surface area contributed by atoms with Gasteiger partial charge >= 0.3 is 0 Å². The summed E-state index contributed by atoms with van der Waals surface area (Å²) in [5, 5.41) is 4.32. The highest BCUT2D eigenvalue weighted by Gasteiger charge is 2.42. The molecule has 1 amide bonds. The molecular weight excluding hydrogens is 304 g/mol. The predicted octanol–water partition coefficient (Wildman–Crippen LogP) is 1.04. The van der Waals surface area contributed by atoms with Gasteiger partial charge in [-0.05, 0) is 19.9 Å². The number of rotatable bonds is 2. The van der Waals surface area contributed by atoms with E-state index in [1.54, 1.807) is 11.0 Å². The lowest BCUT2D eigenvalue weighted by molar-refractivity contribution is 0.0776. The van der Waals surface area contributed by atoms with Crippen molar-refractivity contribution in [1.29, 1.82) is 0 Å². The summed E-state index contributed by atoms with van der Waals surface area (Å²) in [5.41, 5.74) is 2.66. The molecule has 0 spiro atoms. The van der Waals surface area contributed by atoms with Gasteiger partial charge in [-0.1, -0.05) is 0 Å². The lowest BCUT2D eigenvalue weighted by Crippen LogP contribution is -2.34. The highest BCUT2D eigenvalue weighted by molar-refractivity contribution is 5.92. The molecule has 2 aliphatic heterocycles. The van der Waals surface area contributed by atoms with E-state index in [1.165, 1.54) is 0 Å². The molecular formula is C17H22N6O. The van der Waals surface area contributed by atoms with Crippen molar-refractivity contribution in [2.75, 3.05) is 31.1 Å². The van der Waals surface area contributed by atoms with Gasteiger partial charge in [0, 0.05) is 62.5 Å². The van der Waals surface area contributed by atoms with E-state index in [4.69, 9.17) is 0 Å². The fraction of sp³-hybridized carbons (Fsp3) is 0.529. The molecule has 2 unspecified atom stereocenters. The lowest BCUT2D eigenvalue weighted by Gasteiger charge is -2.23. The van der Waals surface area contributed by atoms with Gasteiger partial charge in [0.2, 0.25) is 0 Å². The molecule has 126 valence electrons. The molecule has 7 nitrogen and oxygen atoms in total. The van der Waals surface area contributed by atoms with Crippen LogP contribution in [0.3, 0.4) is 0 Å². The first-order chi connectivity index (χ1) is 11.5. The van der Waals surface area contributed by atoms with E-state index in [0.29, 0.717) is 17.5 Å². The number of anilines is 1. The number of carbonyl (C=O) groups is 1. The van der Waals surface area contributed by atoms with Crippen LogP contribution in [0.4, 0.5) is 5.82 Å². The maximum Gasteiger partial charge on any atom is 0.274 e.